The minimum Gasteiger partial charge on any atom is -0.393 e. The Hall–Kier alpha value is -1.64. The van der Waals surface area contributed by atoms with Gasteiger partial charge in [-0.05, 0) is 30.7 Å². The number of hydrogen-bond acceptors (Lipinski definition) is 3. The van der Waals surface area contributed by atoms with E-state index in [-0.39, 0.29) is 23.8 Å². The number of hydrogen-bond donors (Lipinski definition) is 0. The molecule has 0 spiro atoms. The zero-order valence-electron chi connectivity index (χ0n) is 9.46. The van der Waals surface area contributed by atoms with E-state index in [1.807, 2.05) is 18.2 Å². The van der Waals surface area contributed by atoms with E-state index in [1.165, 1.54) is 5.56 Å². The first kappa shape index (κ1) is 10.5. The summed E-state index contributed by atoms with van der Waals surface area (Å²) in [5.41, 5.74) is 1.26. The van der Waals surface area contributed by atoms with Gasteiger partial charge < -0.3 is 4.74 Å². The van der Waals surface area contributed by atoms with Gasteiger partial charge in [0.25, 0.3) is 0 Å². The Balaban J connectivity index is 1.81. The van der Waals surface area contributed by atoms with Crippen LogP contribution in [0.1, 0.15) is 30.7 Å². The van der Waals surface area contributed by atoms with Crippen molar-refractivity contribution in [3.8, 4) is 0 Å². The predicted molar refractivity (Wildman–Crippen MR) is 61.1 cm³/mol. The van der Waals surface area contributed by atoms with E-state index in [0.717, 1.165) is 19.3 Å². The van der Waals surface area contributed by atoms with Gasteiger partial charge in [0, 0.05) is 0 Å². The Morgan fingerprint density at radius 2 is 1.65 bits per heavy atom. The Bertz CT molecular complexity index is 452. The number of ether oxygens (including phenoxy) is 1. The molecule has 0 aromatic heterocycles. The van der Waals surface area contributed by atoms with E-state index in [9.17, 15) is 9.59 Å². The van der Waals surface area contributed by atoms with Gasteiger partial charge in [-0.15, -0.1) is 0 Å². The summed E-state index contributed by atoms with van der Waals surface area (Å²) in [6.07, 6.45) is 2.49. The summed E-state index contributed by atoms with van der Waals surface area (Å²) in [6.45, 7) is 0. The van der Waals surface area contributed by atoms with Gasteiger partial charge in [0.15, 0.2) is 0 Å². The highest BCUT2D eigenvalue weighted by Crippen LogP contribution is 2.43. The summed E-state index contributed by atoms with van der Waals surface area (Å²) >= 11 is 0. The molecule has 17 heavy (non-hydrogen) atoms. The third-order valence-electron chi connectivity index (χ3n) is 3.93. The van der Waals surface area contributed by atoms with E-state index in [0.29, 0.717) is 5.92 Å². The molecule has 3 heteroatoms. The Kier molecular flexibility index (Phi) is 2.46. The van der Waals surface area contributed by atoms with Crippen LogP contribution in [0.5, 0.6) is 0 Å². The lowest BCUT2D eigenvalue weighted by atomic mass is 9.73. The Labute approximate surface area is 99.8 Å². The van der Waals surface area contributed by atoms with Crippen molar-refractivity contribution in [2.75, 3.05) is 0 Å². The maximum absolute atomic E-state index is 11.6. The molecular weight excluding hydrogens is 216 g/mol. The largest absolute Gasteiger partial charge is 0.393 e. The summed E-state index contributed by atoms with van der Waals surface area (Å²) in [4.78, 5) is 23.0. The molecule has 88 valence electrons. The predicted octanol–water partition coefficient (Wildman–Crippen LogP) is 2.27. The molecule has 1 aliphatic heterocycles. The molecular formula is C14H14O3. The molecule has 1 aliphatic carbocycles. The Morgan fingerprint density at radius 3 is 2.41 bits per heavy atom. The number of esters is 2. The minimum absolute atomic E-state index is 0.178. The zero-order chi connectivity index (χ0) is 11.8. The normalized spacial score (nSPS) is 32.1. The van der Waals surface area contributed by atoms with Crippen molar-refractivity contribution < 1.29 is 14.3 Å². The average molecular weight is 230 g/mol. The monoisotopic (exact) mass is 230 g/mol. The summed E-state index contributed by atoms with van der Waals surface area (Å²) in [7, 11) is 0. The summed E-state index contributed by atoms with van der Waals surface area (Å²) in [5, 5.41) is 0. The van der Waals surface area contributed by atoms with Gasteiger partial charge in [-0.25, -0.2) is 0 Å². The molecule has 2 fully saturated rings. The fourth-order valence-corrected chi connectivity index (χ4v) is 2.99. The molecule has 1 saturated heterocycles. The van der Waals surface area contributed by atoms with Crippen LogP contribution < -0.4 is 0 Å². The van der Waals surface area contributed by atoms with E-state index in [2.05, 4.69) is 12.1 Å². The molecule has 1 aromatic rings. The van der Waals surface area contributed by atoms with Crippen LogP contribution in [0.4, 0.5) is 0 Å². The molecule has 1 heterocycles. The Morgan fingerprint density at radius 1 is 0.941 bits per heavy atom. The molecule has 3 atom stereocenters. The van der Waals surface area contributed by atoms with Crippen molar-refractivity contribution in [1.29, 1.82) is 0 Å². The third kappa shape index (κ3) is 1.75. The first-order valence-electron chi connectivity index (χ1n) is 6.06. The number of carbonyl (C=O) groups is 2. The zero-order valence-corrected chi connectivity index (χ0v) is 9.46. The van der Waals surface area contributed by atoms with Crippen LogP contribution in [0.25, 0.3) is 0 Å². The van der Waals surface area contributed by atoms with Crippen LogP contribution in [0.15, 0.2) is 30.3 Å². The fourth-order valence-electron chi connectivity index (χ4n) is 2.99. The minimum atomic E-state index is -0.319. The lowest BCUT2D eigenvalue weighted by molar-refractivity contribution is -0.153. The highest BCUT2D eigenvalue weighted by molar-refractivity contribution is 5.96. The number of cyclic esters (lactones) is 2. The lowest BCUT2D eigenvalue weighted by Gasteiger charge is -2.27. The van der Waals surface area contributed by atoms with Crippen LogP contribution in [-0.2, 0) is 14.3 Å². The lowest BCUT2D eigenvalue weighted by Crippen LogP contribution is -2.26. The topological polar surface area (TPSA) is 43.4 Å². The summed E-state index contributed by atoms with van der Waals surface area (Å²) in [6, 6.07) is 10.2. The van der Waals surface area contributed by atoms with E-state index < -0.39 is 0 Å². The van der Waals surface area contributed by atoms with Crippen LogP contribution in [0.2, 0.25) is 0 Å². The summed E-state index contributed by atoms with van der Waals surface area (Å²) in [5.74, 6) is -0.632. The second-order valence-electron chi connectivity index (χ2n) is 4.87. The van der Waals surface area contributed by atoms with Gasteiger partial charge in [-0.1, -0.05) is 30.3 Å². The van der Waals surface area contributed by atoms with Gasteiger partial charge in [-0.3, -0.25) is 9.59 Å². The fraction of sp³-hybridized carbons (Fsp3) is 0.429. The van der Waals surface area contributed by atoms with Crippen molar-refractivity contribution >= 4 is 11.9 Å². The second-order valence-corrected chi connectivity index (χ2v) is 4.87. The molecule has 3 nitrogen and oxygen atoms in total. The SMILES string of the molecule is O=C1OC(=O)[C@@H]2C[C@@H](c3ccccc3)CC[C@H]12. The first-order chi connectivity index (χ1) is 8.25. The van der Waals surface area contributed by atoms with Crippen molar-refractivity contribution in [3.05, 3.63) is 35.9 Å². The maximum atomic E-state index is 11.6. The maximum Gasteiger partial charge on any atom is 0.317 e. The molecule has 0 N–H and O–H groups in total. The molecule has 1 aromatic carbocycles. The number of fused-ring (bicyclic) bond motifs is 1. The number of rotatable bonds is 1. The third-order valence-corrected chi connectivity index (χ3v) is 3.93. The van der Waals surface area contributed by atoms with Crippen molar-refractivity contribution in [1.82, 2.24) is 0 Å². The van der Waals surface area contributed by atoms with Gasteiger partial charge in [0.05, 0.1) is 11.8 Å². The van der Waals surface area contributed by atoms with Gasteiger partial charge in [0.2, 0.25) is 0 Å². The number of carbonyl (C=O) groups excluding carboxylic acids is 2. The summed E-state index contributed by atoms with van der Waals surface area (Å²) < 4.78 is 4.71. The van der Waals surface area contributed by atoms with Crippen LogP contribution >= 0.6 is 0 Å². The molecule has 3 rings (SSSR count). The highest BCUT2D eigenvalue weighted by atomic mass is 16.6. The molecule has 1 saturated carbocycles. The van der Waals surface area contributed by atoms with E-state index in [1.54, 1.807) is 0 Å². The van der Waals surface area contributed by atoms with Gasteiger partial charge >= 0.3 is 11.9 Å². The molecule has 0 bridgehead atoms. The average Bonchev–Trinajstić information content (AvgIpc) is 2.66. The van der Waals surface area contributed by atoms with Gasteiger partial charge in [-0.2, -0.15) is 0 Å². The van der Waals surface area contributed by atoms with Crippen molar-refractivity contribution in [3.63, 3.8) is 0 Å². The van der Waals surface area contributed by atoms with E-state index in [4.69, 9.17) is 4.74 Å². The molecule has 2 aliphatic rings. The van der Waals surface area contributed by atoms with E-state index >= 15 is 0 Å². The molecule has 0 unspecified atom stereocenters. The van der Waals surface area contributed by atoms with Crippen molar-refractivity contribution in [2.45, 2.75) is 25.2 Å². The molecule has 0 amide bonds. The first-order valence-corrected chi connectivity index (χ1v) is 6.06. The quantitative estimate of drug-likeness (QED) is 0.549. The van der Waals surface area contributed by atoms with Crippen molar-refractivity contribution in [2.24, 2.45) is 11.8 Å². The highest BCUT2D eigenvalue weighted by Gasteiger charge is 2.47. The van der Waals surface area contributed by atoms with Gasteiger partial charge in [0.1, 0.15) is 0 Å². The standard InChI is InChI=1S/C14H14O3/c15-13-11-7-6-10(8-12(11)14(16)17-13)9-4-2-1-3-5-9/h1-5,10-12H,6-8H2/t10-,11-,12+/m0/s1. The van der Waals surface area contributed by atoms with Crippen LogP contribution in [-0.4, -0.2) is 11.9 Å². The molecule has 0 radical (unpaired) electrons. The smallest absolute Gasteiger partial charge is 0.317 e. The second kappa shape index (κ2) is 3.99. The van der Waals surface area contributed by atoms with Crippen LogP contribution in [0.3, 0.4) is 0 Å². The van der Waals surface area contributed by atoms with Crippen LogP contribution in [0, 0.1) is 11.8 Å². The number of benzene rings is 1.